The zero-order valence-corrected chi connectivity index (χ0v) is 9.53. The van der Waals surface area contributed by atoms with Gasteiger partial charge in [0.15, 0.2) is 11.5 Å². The Morgan fingerprint density at radius 1 is 1.19 bits per heavy atom. The van der Waals surface area contributed by atoms with Crippen LogP contribution in [0.2, 0.25) is 0 Å². The summed E-state index contributed by atoms with van der Waals surface area (Å²) in [4.78, 5) is 0. The molecule has 0 aliphatic carbocycles. The molecule has 0 saturated heterocycles. The van der Waals surface area contributed by atoms with E-state index in [1.807, 2.05) is 12.1 Å². The number of nitriles is 1. The van der Waals surface area contributed by atoms with Crippen LogP contribution in [0.1, 0.15) is 12.8 Å². The van der Waals surface area contributed by atoms with Crippen molar-refractivity contribution in [3.63, 3.8) is 0 Å². The van der Waals surface area contributed by atoms with E-state index < -0.39 is 0 Å². The Morgan fingerprint density at radius 3 is 2.56 bits per heavy atom. The van der Waals surface area contributed by atoms with Crippen molar-refractivity contribution in [2.24, 2.45) is 0 Å². The number of rotatable bonds is 6. The number of unbranched alkanes of at least 4 members (excludes halogenated alkanes) is 1. The molecule has 0 fully saturated rings. The minimum absolute atomic E-state index is 0.492. The topological polar surface area (TPSA) is 51.5 Å². The largest absolute Gasteiger partial charge is 0.493 e. The van der Waals surface area contributed by atoms with Crippen molar-refractivity contribution in [1.29, 1.82) is 5.26 Å². The highest BCUT2D eigenvalue weighted by atomic mass is 16.5. The fourth-order valence-corrected chi connectivity index (χ4v) is 1.30. The quantitative estimate of drug-likeness (QED) is 0.692. The molecule has 1 aromatic rings. The van der Waals surface area contributed by atoms with Crippen LogP contribution in [0.5, 0.6) is 17.2 Å². The number of hydrogen-bond donors (Lipinski definition) is 0. The normalized spacial score (nSPS) is 9.31. The van der Waals surface area contributed by atoms with E-state index in [1.54, 1.807) is 20.3 Å². The van der Waals surface area contributed by atoms with E-state index >= 15 is 0 Å². The minimum Gasteiger partial charge on any atom is -0.493 e. The fraction of sp³-hybridized carbons (Fsp3) is 0.417. The van der Waals surface area contributed by atoms with Crippen LogP contribution in [-0.2, 0) is 0 Å². The zero-order chi connectivity index (χ0) is 11.8. The number of benzene rings is 1. The van der Waals surface area contributed by atoms with Crippen LogP contribution in [0.3, 0.4) is 0 Å². The predicted molar refractivity (Wildman–Crippen MR) is 59.9 cm³/mol. The summed E-state index contributed by atoms with van der Waals surface area (Å²) >= 11 is 0. The monoisotopic (exact) mass is 221 g/mol. The maximum absolute atomic E-state index is 8.40. The van der Waals surface area contributed by atoms with Crippen LogP contribution in [0.4, 0.5) is 0 Å². The molecular formula is C12H15NO3. The molecule has 0 N–H and O–H groups in total. The van der Waals surface area contributed by atoms with Gasteiger partial charge in [-0.15, -0.1) is 0 Å². The third kappa shape index (κ3) is 3.06. The Balaban J connectivity index is 2.68. The highest BCUT2D eigenvalue weighted by Crippen LogP contribution is 2.36. The Kier molecular flexibility index (Phi) is 5.00. The van der Waals surface area contributed by atoms with Crippen molar-refractivity contribution in [3.05, 3.63) is 18.2 Å². The molecule has 0 aliphatic rings. The van der Waals surface area contributed by atoms with Gasteiger partial charge in [-0.2, -0.15) is 5.26 Å². The van der Waals surface area contributed by atoms with Crippen molar-refractivity contribution in [2.75, 3.05) is 20.8 Å². The molecule has 4 heteroatoms. The van der Waals surface area contributed by atoms with E-state index in [4.69, 9.17) is 19.5 Å². The summed E-state index contributed by atoms with van der Waals surface area (Å²) < 4.78 is 15.9. The average molecular weight is 221 g/mol. The summed E-state index contributed by atoms with van der Waals surface area (Å²) in [6.45, 7) is 0.497. The minimum atomic E-state index is 0.492. The van der Waals surface area contributed by atoms with Gasteiger partial charge in [0.25, 0.3) is 0 Å². The first-order valence-corrected chi connectivity index (χ1v) is 5.04. The van der Waals surface area contributed by atoms with Gasteiger partial charge < -0.3 is 14.2 Å². The number of nitrogens with zero attached hydrogens (tertiary/aromatic N) is 1. The van der Waals surface area contributed by atoms with E-state index in [0.29, 0.717) is 36.7 Å². The van der Waals surface area contributed by atoms with Crippen LogP contribution >= 0.6 is 0 Å². The number of ether oxygens (including phenoxy) is 3. The molecule has 86 valence electrons. The third-order valence-corrected chi connectivity index (χ3v) is 2.06. The summed E-state index contributed by atoms with van der Waals surface area (Å²) in [7, 11) is 3.15. The first-order valence-electron chi connectivity index (χ1n) is 5.04. The SMILES string of the molecule is COc1cccc(OCCCC#N)c1OC. The van der Waals surface area contributed by atoms with E-state index in [1.165, 1.54) is 0 Å². The van der Waals surface area contributed by atoms with Gasteiger partial charge >= 0.3 is 0 Å². The van der Waals surface area contributed by atoms with Crippen molar-refractivity contribution >= 4 is 0 Å². The first-order chi connectivity index (χ1) is 7.83. The first kappa shape index (κ1) is 12.2. The molecule has 1 aromatic carbocycles. The Bertz CT molecular complexity index is 371. The molecule has 0 saturated carbocycles. The molecule has 1 rings (SSSR count). The highest BCUT2D eigenvalue weighted by molar-refractivity contribution is 5.50. The maximum Gasteiger partial charge on any atom is 0.203 e. The smallest absolute Gasteiger partial charge is 0.203 e. The van der Waals surface area contributed by atoms with Crippen LogP contribution in [-0.4, -0.2) is 20.8 Å². The predicted octanol–water partition coefficient (Wildman–Crippen LogP) is 2.39. The fourth-order valence-electron chi connectivity index (χ4n) is 1.30. The van der Waals surface area contributed by atoms with Gasteiger partial charge in [-0.05, 0) is 18.6 Å². The van der Waals surface area contributed by atoms with Gasteiger partial charge in [0.1, 0.15) is 0 Å². The lowest BCUT2D eigenvalue weighted by Gasteiger charge is -2.12. The molecule has 0 heterocycles. The summed E-state index contributed by atoms with van der Waals surface area (Å²) in [5.41, 5.74) is 0. The van der Waals surface area contributed by atoms with Gasteiger partial charge in [-0.3, -0.25) is 0 Å². The molecule has 0 aromatic heterocycles. The number of methoxy groups -OCH3 is 2. The van der Waals surface area contributed by atoms with Crippen molar-refractivity contribution in [2.45, 2.75) is 12.8 Å². The van der Waals surface area contributed by atoms with E-state index in [9.17, 15) is 0 Å². The highest BCUT2D eigenvalue weighted by Gasteiger charge is 2.09. The Labute approximate surface area is 95.4 Å². The number of para-hydroxylation sites is 1. The van der Waals surface area contributed by atoms with Crippen molar-refractivity contribution in [3.8, 4) is 23.3 Å². The van der Waals surface area contributed by atoms with Gasteiger partial charge in [0.2, 0.25) is 5.75 Å². The summed E-state index contributed by atoms with van der Waals surface area (Å²) in [5, 5.41) is 8.40. The molecule has 0 spiro atoms. The van der Waals surface area contributed by atoms with E-state index in [2.05, 4.69) is 6.07 Å². The molecule has 0 amide bonds. The summed E-state index contributed by atoms with van der Waals surface area (Å²) in [6.07, 6.45) is 1.20. The number of hydrogen-bond acceptors (Lipinski definition) is 4. The van der Waals surface area contributed by atoms with Gasteiger partial charge in [-0.1, -0.05) is 6.07 Å². The van der Waals surface area contributed by atoms with E-state index in [-0.39, 0.29) is 0 Å². The molecule has 0 radical (unpaired) electrons. The lowest BCUT2D eigenvalue weighted by Crippen LogP contribution is -2.00. The third-order valence-electron chi connectivity index (χ3n) is 2.06. The molecule has 0 bridgehead atoms. The standard InChI is InChI=1S/C12H15NO3/c1-14-10-6-5-7-11(12(10)15-2)16-9-4-3-8-13/h5-7H,3-4,9H2,1-2H3. The zero-order valence-electron chi connectivity index (χ0n) is 9.53. The summed E-state index contributed by atoms with van der Waals surface area (Å²) in [6, 6.07) is 7.52. The van der Waals surface area contributed by atoms with Crippen LogP contribution in [0, 0.1) is 11.3 Å². The molecule has 4 nitrogen and oxygen atoms in total. The van der Waals surface area contributed by atoms with Crippen LogP contribution in [0.15, 0.2) is 18.2 Å². The van der Waals surface area contributed by atoms with E-state index in [0.717, 1.165) is 0 Å². The molecule has 16 heavy (non-hydrogen) atoms. The molecular weight excluding hydrogens is 206 g/mol. The van der Waals surface area contributed by atoms with Gasteiger partial charge in [0.05, 0.1) is 26.9 Å². The van der Waals surface area contributed by atoms with Crippen LogP contribution in [0.25, 0.3) is 0 Å². The average Bonchev–Trinajstić information content (AvgIpc) is 2.34. The second-order valence-electron chi connectivity index (χ2n) is 3.10. The second kappa shape index (κ2) is 6.57. The van der Waals surface area contributed by atoms with Crippen molar-refractivity contribution in [1.82, 2.24) is 0 Å². The van der Waals surface area contributed by atoms with Crippen LogP contribution < -0.4 is 14.2 Å². The maximum atomic E-state index is 8.40. The van der Waals surface area contributed by atoms with Gasteiger partial charge in [0, 0.05) is 6.42 Å². The Hall–Kier alpha value is -1.89. The summed E-state index contributed by atoms with van der Waals surface area (Å²) in [5.74, 6) is 1.86. The second-order valence-corrected chi connectivity index (χ2v) is 3.10. The lowest BCUT2D eigenvalue weighted by molar-refractivity contribution is 0.281. The Morgan fingerprint density at radius 2 is 1.94 bits per heavy atom. The van der Waals surface area contributed by atoms with Crippen molar-refractivity contribution < 1.29 is 14.2 Å². The molecule has 0 aliphatic heterocycles. The van der Waals surface area contributed by atoms with Gasteiger partial charge in [-0.25, -0.2) is 0 Å². The molecule has 0 unspecified atom stereocenters. The lowest BCUT2D eigenvalue weighted by atomic mass is 10.3. The molecule has 0 atom stereocenters.